The molecule has 0 saturated carbocycles. The minimum absolute atomic E-state index is 0.547. The molecule has 0 aliphatic carbocycles. The predicted octanol–water partition coefficient (Wildman–Crippen LogP) is 4.82. The molecule has 2 rings (SSSR count). The molecule has 1 aromatic heterocycles. The molecule has 0 fully saturated rings. The Bertz CT molecular complexity index is 497. The van der Waals surface area contributed by atoms with Crippen LogP contribution in [0.3, 0.4) is 0 Å². The first-order chi connectivity index (χ1) is 8.70. The first-order valence-electron chi connectivity index (χ1n) is 6.76. The zero-order valence-electron chi connectivity index (χ0n) is 11.5. The van der Waals surface area contributed by atoms with Crippen LogP contribution in [0.4, 0.5) is 0 Å². The maximum Gasteiger partial charge on any atom is 0.0704 e. The molecule has 0 aliphatic heterocycles. The van der Waals surface area contributed by atoms with E-state index in [1.54, 1.807) is 0 Å². The molecule has 0 unspecified atom stereocenters. The Morgan fingerprint density at radius 1 is 1.06 bits per heavy atom. The van der Waals surface area contributed by atoms with Gasteiger partial charge in [0.1, 0.15) is 0 Å². The van der Waals surface area contributed by atoms with Crippen LogP contribution in [0.2, 0.25) is 0 Å². The van der Waals surface area contributed by atoms with Crippen molar-refractivity contribution in [3.05, 3.63) is 53.7 Å². The van der Waals surface area contributed by atoms with Gasteiger partial charge in [-0.05, 0) is 35.6 Å². The third-order valence-corrected chi connectivity index (χ3v) is 3.24. The average molecular weight is 239 g/mol. The highest BCUT2D eigenvalue weighted by atomic mass is 14.7. The van der Waals surface area contributed by atoms with Crippen LogP contribution in [0.15, 0.2) is 42.6 Å². The number of aryl methyl sites for hydroxylation is 1. The van der Waals surface area contributed by atoms with Crippen molar-refractivity contribution in [3.63, 3.8) is 0 Å². The van der Waals surface area contributed by atoms with Gasteiger partial charge in [0.25, 0.3) is 0 Å². The molecular weight excluding hydrogens is 218 g/mol. The number of nitrogens with zero attached hydrogens (tertiary/aromatic N) is 1. The zero-order valence-corrected chi connectivity index (χ0v) is 11.5. The SMILES string of the molecule is CCCc1ccc(-c2cc(C(C)C)ccn2)cc1. The molecule has 1 heterocycles. The largest absolute Gasteiger partial charge is 0.256 e. The fourth-order valence-corrected chi connectivity index (χ4v) is 2.09. The summed E-state index contributed by atoms with van der Waals surface area (Å²) in [4.78, 5) is 4.47. The second-order valence-corrected chi connectivity index (χ2v) is 5.08. The predicted molar refractivity (Wildman–Crippen MR) is 77.8 cm³/mol. The van der Waals surface area contributed by atoms with E-state index in [-0.39, 0.29) is 0 Å². The van der Waals surface area contributed by atoms with Crippen LogP contribution >= 0.6 is 0 Å². The maximum absolute atomic E-state index is 4.47. The van der Waals surface area contributed by atoms with Crippen LogP contribution in [-0.2, 0) is 6.42 Å². The van der Waals surface area contributed by atoms with Gasteiger partial charge in [-0.25, -0.2) is 0 Å². The van der Waals surface area contributed by atoms with Crippen molar-refractivity contribution in [3.8, 4) is 11.3 Å². The van der Waals surface area contributed by atoms with Crippen LogP contribution in [0.5, 0.6) is 0 Å². The number of pyridine rings is 1. The summed E-state index contributed by atoms with van der Waals surface area (Å²) in [5, 5.41) is 0. The van der Waals surface area contributed by atoms with E-state index in [9.17, 15) is 0 Å². The van der Waals surface area contributed by atoms with E-state index in [2.05, 4.69) is 62.2 Å². The lowest BCUT2D eigenvalue weighted by molar-refractivity contribution is 0.863. The molecular formula is C17H21N. The number of hydrogen-bond acceptors (Lipinski definition) is 1. The Labute approximate surface area is 110 Å². The van der Waals surface area contributed by atoms with E-state index >= 15 is 0 Å². The quantitative estimate of drug-likeness (QED) is 0.745. The normalized spacial score (nSPS) is 10.9. The summed E-state index contributed by atoms with van der Waals surface area (Å²) >= 11 is 0. The second kappa shape index (κ2) is 5.81. The molecule has 1 heteroatoms. The number of hydrogen-bond donors (Lipinski definition) is 0. The van der Waals surface area contributed by atoms with E-state index in [1.165, 1.54) is 23.1 Å². The molecule has 2 aromatic rings. The van der Waals surface area contributed by atoms with Crippen molar-refractivity contribution in [1.29, 1.82) is 0 Å². The van der Waals surface area contributed by atoms with Gasteiger partial charge in [0.2, 0.25) is 0 Å². The Morgan fingerprint density at radius 3 is 2.39 bits per heavy atom. The summed E-state index contributed by atoms with van der Waals surface area (Å²) in [7, 11) is 0. The molecule has 94 valence electrons. The highest BCUT2D eigenvalue weighted by Crippen LogP contribution is 2.22. The summed E-state index contributed by atoms with van der Waals surface area (Å²) in [6.45, 7) is 6.63. The second-order valence-electron chi connectivity index (χ2n) is 5.08. The highest BCUT2D eigenvalue weighted by Gasteiger charge is 2.03. The van der Waals surface area contributed by atoms with Gasteiger partial charge in [0.05, 0.1) is 5.69 Å². The van der Waals surface area contributed by atoms with Crippen molar-refractivity contribution in [2.45, 2.75) is 39.5 Å². The molecule has 0 atom stereocenters. The summed E-state index contributed by atoms with van der Waals surface area (Å²) < 4.78 is 0. The first-order valence-corrected chi connectivity index (χ1v) is 6.76. The molecule has 1 aromatic carbocycles. The minimum Gasteiger partial charge on any atom is -0.256 e. The zero-order chi connectivity index (χ0) is 13.0. The van der Waals surface area contributed by atoms with Gasteiger partial charge in [-0.1, -0.05) is 51.5 Å². The van der Waals surface area contributed by atoms with E-state index < -0.39 is 0 Å². The highest BCUT2D eigenvalue weighted by molar-refractivity contribution is 5.60. The first kappa shape index (κ1) is 12.8. The molecule has 0 N–H and O–H groups in total. The molecule has 0 amide bonds. The lowest BCUT2D eigenvalue weighted by Crippen LogP contribution is -1.91. The van der Waals surface area contributed by atoms with Gasteiger partial charge in [-0.3, -0.25) is 4.98 Å². The Morgan fingerprint density at radius 2 is 1.78 bits per heavy atom. The summed E-state index contributed by atoms with van der Waals surface area (Å²) in [6, 6.07) is 13.1. The van der Waals surface area contributed by atoms with Crippen molar-refractivity contribution in [2.75, 3.05) is 0 Å². The third-order valence-electron chi connectivity index (χ3n) is 3.24. The number of aromatic nitrogens is 1. The molecule has 1 nitrogen and oxygen atoms in total. The lowest BCUT2D eigenvalue weighted by Gasteiger charge is -2.08. The van der Waals surface area contributed by atoms with E-state index in [0.717, 1.165) is 12.1 Å². The van der Waals surface area contributed by atoms with E-state index in [0.29, 0.717) is 5.92 Å². The average Bonchev–Trinajstić information content (AvgIpc) is 2.40. The van der Waals surface area contributed by atoms with E-state index in [1.807, 2.05) is 6.20 Å². The van der Waals surface area contributed by atoms with Crippen LogP contribution in [-0.4, -0.2) is 4.98 Å². The molecule has 0 radical (unpaired) electrons. The van der Waals surface area contributed by atoms with Crippen LogP contribution in [0.25, 0.3) is 11.3 Å². The van der Waals surface area contributed by atoms with Gasteiger partial charge in [0.15, 0.2) is 0 Å². The molecule has 0 aliphatic rings. The Balaban J connectivity index is 2.28. The van der Waals surface area contributed by atoms with Crippen molar-refractivity contribution >= 4 is 0 Å². The fourth-order valence-electron chi connectivity index (χ4n) is 2.09. The van der Waals surface area contributed by atoms with Gasteiger partial charge < -0.3 is 0 Å². The van der Waals surface area contributed by atoms with Gasteiger partial charge in [-0.15, -0.1) is 0 Å². The van der Waals surface area contributed by atoms with Gasteiger partial charge >= 0.3 is 0 Å². The lowest BCUT2D eigenvalue weighted by atomic mass is 10.0. The molecule has 18 heavy (non-hydrogen) atoms. The Kier molecular flexibility index (Phi) is 4.14. The van der Waals surface area contributed by atoms with Crippen LogP contribution < -0.4 is 0 Å². The molecule has 0 saturated heterocycles. The summed E-state index contributed by atoms with van der Waals surface area (Å²) in [5.74, 6) is 0.547. The number of benzene rings is 1. The molecule has 0 bridgehead atoms. The fraction of sp³-hybridized carbons (Fsp3) is 0.353. The van der Waals surface area contributed by atoms with Crippen molar-refractivity contribution < 1.29 is 0 Å². The van der Waals surface area contributed by atoms with Crippen LogP contribution in [0.1, 0.15) is 44.2 Å². The monoisotopic (exact) mass is 239 g/mol. The van der Waals surface area contributed by atoms with Gasteiger partial charge in [0, 0.05) is 11.8 Å². The maximum atomic E-state index is 4.47. The number of rotatable bonds is 4. The Hall–Kier alpha value is -1.63. The van der Waals surface area contributed by atoms with E-state index in [4.69, 9.17) is 0 Å². The topological polar surface area (TPSA) is 12.9 Å². The van der Waals surface area contributed by atoms with Gasteiger partial charge in [-0.2, -0.15) is 0 Å². The summed E-state index contributed by atoms with van der Waals surface area (Å²) in [5.41, 5.74) is 5.03. The standard InChI is InChI=1S/C17H21N/c1-4-5-14-6-8-15(9-7-14)17-12-16(13(2)3)10-11-18-17/h6-13H,4-5H2,1-3H3. The summed E-state index contributed by atoms with van der Waals surface area (Å²) in [6.07, 6.45) is 4.25. The minimum atomic E-state index is 0.547. The smallest absolute Gasteiger partial charge is 0.0704 e. The van der Waals surface area contributed by atoms with Crippen LogP contribution in [0, 0.1) is 0 Å². The molecule has 0 spiro atoms. The van der Waals surface area contributed by atoms with Crippen molar-refractivity contribution in [2.24, 2.45) is 0 Å². The third kappa shape index (κ3) is 2.98. The van der Waals surface area contributed by atoms with Crippen molar-refractivity contribution in [1.82, 2.24) is 4.98 Å².